The van der Waals surface area contributed by atoms with Gasteiger partial charge in [0.2, 0.25) is 0 Å². The summed E-state index contributed by atoms with van der Waals surface area (Å²) in [5.74, 6) is 0.837. The van der Waals surface area contributed by atoms with Crippen molar-refractivity contribution in [2.75, 3.05) is 18.8 Å². The number of allylic oxidation sites excluding steroid dienone is 1. The van der Waals surface area contributed by atoms with Crippen LogP contribution in [0.3, 0.4) is 0 Å². The fraction of sp³-hybridized carbons (Fsp3) is 0.429. The number of aromatic nitrogens is 3. The van der Waals surface area contributed by atoms with Gasteiger partial charge in [-0.15, -0.1) is 11.3 Å². The summed E-state index contributed by atoms with van der Waals surface area (Å²) in [5, 5.41) is 8.14. The number of ether oxygens (including phenoxy) is 1. The molecule has 3 aromatic heterocycles. The van der Waals surface area contributed by atoms with E-state index in [1.807, 2.05) is 50.3 Å². The zero-order chi connectivity index (χ0) is 22.9. The van der Waals surface area contributed by atoms with E-state index >= 15 is 0 Å². The predicted molar refractivity (Wildman–Crippen MR) is 125 cm³/mol. The highest BCUT2D eigenvalue weighted by Crippen LogP contribution is 2.34. The third kappa shape index (κ3) is 4.86. The Bertz CT molecular complexity index is 1170. The van der Waals surface area contributed by atoms with E-state index in [9.17, 15) is 4.79 Å². The number of pyridine rings is 1. The van der Waals surface area contributed by atoms with Gasteiger partial charge in [0, 0.05) is 7.05 Å². The van der Waals surface area contributed by atoms with Gasteiger partial charge in [0.25, 0.3) is 0 Å². The summed E-state index contributed by atoms with van der Waals surface area (Å²) in [6, 6.07) is 1.84. The third-order valence-corrected chi connectivity index (χ3v) is 5.88. The normalized spacial score (nSPS) is 12.5. The number of carbonyl (C=O) groups excluding carboxylic acids is 1. The van der Waals surface area contributed by atoms with E-state index in [1.54, 1.807) is 0 Å². The summed E-state index contributed by atoms with van der Waals surface area (Å²) in [7, 11) is 1.93. The fourth-order valence-electron chi connectivity index (χ4n) is 3.29. The standard InChI is InChI=1S/C21H29N7O2S/c1-6-28(11-16(29)30-21(2,3)4)10-15-26-17-18(27(15)5)19-13(25-20(17)24)9-14(31-19)12(23)7-8-22/h7-9,23H,6,10-11,22H2,1-5H3,(H2,24,25)/b8-7-,23-12?. The Labute approximate surface area is 185 Å². The monoisotopic (exact) mass is 443 g/mol. The van der Waals surface area contributed by atoms with E-state index in [2.05, 4.69) is 4.98 Å². The first-order valence-electron chi connectivity index (χ1n) is 9.99. The van der Waals surface area contributed by atoms with Gasteiger partial charge in [-0.1, -0.05) is 6.92 Å². The van der Waals surface area contributed by atoms with Crippen LogP contribution in [-0.4, -0.2) is 49.8 Å². The van der Waals surface area contributed by atoms with E-state index in [1.165, 1.54) is 23.6 Å². The second-order valence-electron chi connectivity index (χ2n) is 8.27. The number of hydrogen-bond donors (Lipinski definition) is 3. The molecule has 0 amide bonds. The molecule has 0 aliphatic heterocycles. The number of nitrogens with one attached hydrogen (secondary N) is 1. The molecule has 0 saturated carbocycles. The number of rotatable bonds is 7. The number of thiophene rings is 1. The van der Waals surface area contributed by atoms with E-state index in [-0.39, 0.29) is 12.5 Å². The topological polar surface area (TPSA) is 136 Å². The van der Waals surface area contributed by atoms with Crippen molar-refractivity contribution in [1.29, 1.82) is 5.41 Å². The summed E-state index contributed by atoms with van der Waals surface area (Å²) in [4.78, 5) is 24.2. The molecule has 0 unspecified atom stereocenters. The van der Waals surface area contributed by atoms with E-state index in [0.29, 0.717) is 30.1 Å². The predicted octanol–water partition coefficient (Wildman–Crippen LogP) is 2.77. The van der Waals surface area contributed by atoms with Gasteiger partial charge in [0.1, 0.15) is 16.9 Å². The van der Waals surface area contributed by atoms with Gasteiger partial charge in [-0.3, -0.25) is 15.1 Å². The highest BCUT2D eigenvalue weighted by molar-refractivity contribution is 7.21. The lowest BCUT2D eigenvalue weighted by molar-refractivity contribution is -0.156. The van der Waals surface area contributed by atoms with Crippen molar-refractivity contribution < 1.29 is 9.53 Å². The number of fused-ring (bicyclic) bond motifs is 3. The summed E-state index contributed by atoms with van der Waals surface area (Å²) >= 11 is 1.45. The van der Waals surface area contributed by atoms with E-state index in [4.69, 9.17) is 26.6 Å². The second kappa shape index (κ2) is 8.64. The van der Waals surface area contributed by atoms with Gasteiger partial charge in [-0.2, -0.15) is 0 Å². The Morgan fingerprint density at radius 1 is 1.39 bits per heavy atom. The lowest BCUT2D eigenvalue weighted by atomic mass is 10.2. The highest BCUT2D eigenvalue weighted by atomic mass is 32.1. The van der Waals surface area contributed by atoms with Crippen molar-refractivity contribution in [2.24, 2.45) is 12.8 Å². The first kappa shape index (κ1) is 22.7. The van der Waals surface area contributed by atoms with E-state index in [0.717, 1.165) is 26.4 Å². The zero-order valence-corrected chi connectivity index (χ0v) is 19.3. The van der Waals surface area contributed by atoms with Gasteiger partial charge in [-0.05, 0) is 45.7 Å². The molecular formula is C21H29N7O2S. The molecule has 0 aliphatic carbocycles. The van der Waals surface area contributed by atoms with Gasteiger partial charge in [0.05, 0.1) is 39.4 Å². The molecule has 31 heavy (non-hydrogen) atoms. The molecule has 0 spiro atoms. The first-order chi connectivity index (χ1) is 14.5. The minimum Gasteiger partial charge on any atom is -0.459 e. The number of anilines is 1. The zero-order valence-electron chi connectivity index (χ0n) is 18.5. The van der Waals surface area contributed by atoms with Crippen molar-refractivity contribution in [1.82, 2.24) is 19.4 Å². The Hall–Kier alpha value is -2.98. The SMILES string of the molecule is CCN(CC(=O)OC(C)(C)C)Cc1nc2c(N)nc3cc(C(=N)/C=C\N)sc3c2n1C. The maximum atomic E-state index is 12.3. The Balaban J connectivity index is 1.97. The highest BCUT2D eigenvalue weighted by Gasteiger charge is 2.22. The van der Waals surface area contributed by atoms with Crippen molar-refractivity contribution in [3.8, 4) is 0 Å². The maximum Gasteiger partial charge on any atom is 0.320 e. The molecule has 0 atom stereocenters. The first-order valence-corrected chi connectivity index (χ1v) is 10.8. The van der Waals surface area contributed by atoms with Crippen molar-refractivity contribution >= 4 is 50.1 Å². The molecule has 0 aliphatic rings. The molecule has 3 rings (SSSR count). The van der Waals surface area contributed by atoms with Crippen LogP contribution in [-0.2, 0) is 23.1 Å². The van der Waals surface area contributed by atoms with Gasteiger partial charge in [0.15, 0.2) is 5.82 Å². The van der Waals surface area contributed by atoms with Crippen molar-refractivity contribution in [3.05, 3.63) is 29.0 Å². The van der Waals surface area contributed by atoms with Gasteiger partial charge in [-0.25, -0.2) is 9.97 Å². The largest absolute Gasteiger partial charge is 0.459 e. The molecule has 0 saturated heterocycles. The minimum atomic E-state index is -0.524. The summed E-state index contributed by atoms with van der Waals surface area (Å²) in [6.07, 6.45) is 2.88. The smallest absolute Gasteiger partial charge is 0.320 e. The van der Waals surface area contributed by atoms with Crippen LogP contribution in [0.15, 0.2) is 18.3 Å². The van der Waals surface area contributed by atoms with Crippen LogP contribution in [0.2, 0.25) is 0 Å². The Kier molecular flexibility index (Phi) is 6.33. The van der Waals surface area contributed by atoms with E-state index < -0.39 is 5.60 Å². The molecule has 3 aromatic rings. The van der Waals surface area contributed by atoms with Crippen LogP contribution in [0.4, 0.5) is 5.82 Å². The van der Waals surface area contributed by atoms with Crippen LogP contribution < -0.4 is 11.5 Å². The number of hydrogen-bond acceptors (Lipinski definition) is 9. The number of carbonyl (C=O) groups is 1. The molecule has 166 valence electrons. The molecule has 10 heteroatoms. The number of nitrogen functional groups attached to an aromatic ring is 1. The third-order valence-electron chi connectivity index (χ3n) is 4.71. The van der Waals surface area contributed by atoms with Crippen LogP contribution in [0.5, 0.6) is 0 Å². The molecule has 0 bridgehead atoms. The summed E-state index contributed by atoms with van der Waals surface area (Å²) < 4.78 is 8.34. The second-order valence-corrected chi connectivity index (χ2v) is 9.32. The Morgan fingerprint density at radius 2 is 2.10 bits per heavy atom. The van der Waals surface area contributed by atoms with Crippen LogP contribution >= 0.6 is 11.3 Å². The molecular weight excluding hydrogens is 414 g/mol. The number of nitrogens with zero attached hydrogens (tertiary/aromatic N) is 4. The quantitative estimate of drug-likeness (QED) is 0.377. The molecule has 0 radical (unpaired) electrons. The Morgan fingerprint density at radius 3 is 2.71 bits per heavy atom. The summed E-state index contributed by atoms with van der Waals surface area (Å²) in [6.45, 7) is 8.85. The number of imidazole rings is 1. The molecule has 0 aromatic carbocycles. The fourth-order valence-corrected chi connectivity index (χ4v) is 4.40. The lowest BCUT2D eigenvalue weighted by Gasteiger charge is -2.23. The molecule has 3 heterocycles. The number of likely N-dealkylation sites (N-methyl/N-ethyl adjacent to an activating group) is 1. The van der Waals surface area contributed by atoms with Gasteiger partial charge < -0.3 is 20.8 Å². The van der Waals surface area contributed by atoms with Crippen molar-refractivity contribution in [3.63, 3.8) is 0 Å². The van der Waals surface area contributed by atoms with Crippen LogP contribution in [0.1, 0.15) is 38.4 Å². The van der Waals surface area contributed by atoms with Crippen LogP contribution in [0.25, 0.3) is 21.3 Å². The maximum absolute atomic E-state index is 12.3. The average molecular weight is 444 g/mol. The molecule has 5 N–H and O–H groups in total. The number of esters is 1. The lowest BCUT2D eigenvalue weighted by Crippen LogP contribution is -2.35. The van der Waals surface area contributed by atoms with Crippen LogP contribution in [0, 0.1) is 5.41 Å². The van der Waals surface area contributed by atoms with Crippen molar-refractivity contribution in [2.45, 2.75) is 39.8 Å². The number of aryl methyl sites for hydroxylation is 1. The number of nitrogens with two attached hydrogens (primary N) is 2. The molecule has 0 fully saturated rings. The molecule has 9 nitrogen and oxygen atoms in total. The minimum absolute atomic E-state index is 0.172. The average Bonchev–Trinajstić information content (AvgIpc) is 3.22. The summed E-state index contributed by atoms with van der Waals surface area (Å²) in [5.41, 5.74) is 13.6. The van der Waals surface area contributed by atoms with Gasteiger partial charge >= 0.3 is 5.97 Å².